The van der Waals surface area contributed by atoms with Crippen molar-refractivity contribution in [3.05, 3.63) is 46.5 Å². The van der Waals surface area contributed by atoms with E-state index in [1.54, 1.807) is 6.20 Å². The van der Waals surface area contributed by atoms with E-state index in [4.69, 9.17) is 0 Å². The first kappa shape index (κ1) is 17.0. The van der Waals surface area contributed by atoms with Crippen LogP contribution in [0.2, 0.25) is 0 Å². The molecule has 2 aromatic rings. The van der Waals surface area contributed by atoms with E-state index in [-0.39, 0.29) is 24.4 Å². The van der Waals surface area contributed by atoms with Gasteiger partial charge in [0.05, 0.1) is 5.56 Å². The zero-order chi connectivity index (χ0) is 16.8. The number of carbonyl (C=O) groups is 2. The summed E-state index contributed by atoms with van der Waals surface area (Å²) in [6.45, 7) is 2.09. The minimum Gasteiger partial charge on any atom is -0.352 e. The van der Waals surface area contributed by atoms with Crippen LogP contribution < -0.4 is 10.6 Å². The summed E-state index contributed by atoms with van der Waals surface area (Å²) in [5.74, 6) is -2.51. The summed E-state index contributed by atoms with van der Waals surface area (Å²) in [7, 11) is 0. The molecule has 8 heteroatoms. The summed E-state index contributed by atoms with van der Waals surface area (Å²) in [5, 5.41) is 5.67. The van der Waals surface area contributed by atoms with Crippen LogP contribution in [-0.4, -0.2) is 23.3 Å². The molecule has 1 aromatic carbocycles. The third-order valence-electron chi connectivity index (χ3n) is 2.91. The number of aromatic nitrogens is 1. The standard InChI is InChI=1S/C15H15F2N3O2S/c1-9-8-19-15(23-9)20-13(21)3-2-6-18-14(22)11-5-4-10(16)7-12(11)17/h4-5,7-8H,2-3,6H2,1H3,(H,18,22)(H,19,20,21). The molecule has 0 radical (unpaired) electrons. The van der Waals surface area contributed by atoms with E-state index in [0.29, 0.717) is 17.6 Å². The van der Waals surface area contributed by atoms with Gasteiger partial charge in [0.1, 0.15) is 11.6 Å². The fourth-order valence-electron chi connectivity index (χ4n) is 1.81. The Balaban J connectivity index is 1.72. The molecule has 0 bridgehead atoms. The van der Waals surface area contributed by atoms with E-state index >= 15 is 0 Å². The second-order valence-electron chi connectivity index (χ2n) is 4.81. The van der Waals surface area contributed by atoms with Gasteiger partial charge in [-0.1, -0.05) is 0 Å². The lowest BCUT2D eigenvalue weighted by Gasteiger charge is -2.06. The predicted octanol–water partition coefficient (Wildman–Crippen LogP) is 2.88. The van der Waals surface area contributed by atoms with Crippen molar-refractivity contribution in [1.82, 2.24) is 10.3 Å². The number of aryl methyl sites for hydroxylation is 1. The third kappa shape index (κ3) is 5.10. The van der Waals surface area contributed by atoms with Crippen LogP contribution in [0.5, 0.6) is 0 Å². The Morgan fingerprint density at radius 3 is 2.74 bits per heavy atom. The van der Waals surface area contributed by atoms with Crippen molar-refractivity contribution in [3.63, 3.8) is 0 Å². The molecule has 0 atom stereocenters. The Hall–Kier alpha value is -2.35. The maximum absolute atomic E-state index is 13.4. The number of thiazole rings is 1. The van der Waals surface area contributed by atoms with Crippen LogP contribution in [0.25, 0.3) is 0 Å². The first-order valence-electron chi connectivity index (χ1n) is 6.91. The lowest BCUT2D eigenvalue weighted by atomic mass is 10.2. The Kier molecular flexibility index (Phi) is 5.75. The number of anilines is 1. The van der Waals surface area contributed by atoms with Gasteiger partial charge in [0.2, 0.25) is 5.91 Å². The van der Waals surface area contributed by atoms with Gasteiger partial charge in [-0.2, -0.15) is 0 Å². The van der Waals surface area contributed by atoms with E-state index in [2.05, 4.69) is 15.6 Å². The zero-order valence-electron chi connectivity index (χ0n) is 12.4. The van der Waals surface area contributed by atoms with Crippen LogP contribution in [-0.2, 0) is 4.79 Å². The predicted molar refractivity (Wildman–Crippen MR) is 83.4 cm³/mol. The van der Waals surface area contributed by atoms with Crippen LogP contribution >= 0.6 is 11.3 Å². The van der Waals surface area contributed by atoms with E-state index in [0.717, 1.165) is 17.0 Å². The molecule has 2 amide bonds. The van der Waals surface area contributed by atoms with Crippen LogP contribution in [0.4, 0.5) is 13.9 Å². The molecule has 0 spiro atoms. The van der Waals surface area contributed by atoms with E-state index < -0.39 is 17.5 Å². The van der Waals surface area contributed by atoms with Crippen LogP contribution in [0.3, 0.4) is 0 Å². The number of carbonyl (C=O) groups excluding carboxylic acids is 2. The van der Waals surface area contributed by atoms with Crippen molar-refractivity contribution in [3.8, 4) is 0 Å². The average molecular weight is 339 g/mol. The van der Waals surface area contributed by atoms with Crippen LogP contribution in [0, 0.1) is 18.6 Å². The lowest BCUT2D eigenvalue weighted by Crippen LogP contribution is -2.26. The van der Waals surface area contributed by atoms with Crippen LogP contribution in [0.15, 0.2) is 24.4 Å². The van der Waals surface area contributed by atoms with Crippen LogP contribution in [0.1, 0.15) is 28.1 Å². The highest BCUT2D eigenvalue weighted by atomic mass is 32.1. The first-order valence-corrected chi connectivity index (χ1v) is 7.73. The van der Waals surface area contributed by atoms with Crippen molar-refractivity contribution in [2.24, 2.45) is 0 Å². The largest absolute Gasteiger partial charge is 0.352 e. The second kappa shape index (κ2) is 7.77. The Bertz CT molecular complexity index is 718. The zero-order valence-corrected chi connectivity index (χ0v) is 13.2. The van der Waals surface area contributed by atoms with Gasteiger partial charge in [-0.25, -0.2) is 13.8 Å². The number of benzene rings is 1. The van der Waals surface area contributed by atoms with Crippen molar-refractivity contribution >= 4 is 28.3 Å². The third-order valence-corrected chi connectivity index (χ3v) is 3.74. The summed E-state index contributed by atoms with van der Waals surface area (Å²) >= 11 is 1.38. The summed E-state index contributed by atoms with van der Waals surface area (Å²) in [6, 6.07) is 2.75. The molecular weight excluding hydrogens is 324 g/mol. The van der Waals surface area contributed by atoms with Gasteiger partial charge < -0.3 is 10.6 Å². The molecule has 1 heterocycles. The van der Waals surface area contributed by atoms with Gasteiger partial charge in [0, 0.05) is 30.1 Å². The molecule has 2 rings (SSSR count). The Labute approximate surface area is 135 Å². The van der Waals surface area contributed by atoms with Crippen molar-refractivity contribution in [2.45, 2.75) is 19.8 Å². The molecule has 23 heavy (non-hydrogen) atoms. The highest BCUT2D eigenvalue weighted by molar-refractivity contribution is 7.15. The summed E-state index contributed by atoms with van der Waals surface area (Å²) in [5.41, 5.74) is -0.228. The monoisotopic (exact) mass is 339 g/mol. The molecule has 0 fully saturated rings. The molecule has 0 aliphatic heterocycles. The highest BCUT2D eigenvalue weighted by Gasteiger charge is 2.12. The molecule has 5 nitrogen and oxygen atoms in total. The summed E-state index contributed by atoms with van der Waals surface area (Å²) in [4.78, 5) is 28.4. The summed E-state index contributed by atoms with van der Waals surface area (Å²) in [6.07, 6.45) is 2.26. The number of hydrogen-bond acceptors (Lipinski definition) is 4. The van der Waals surface area contributed by atoms with Crippen molar-refractivity contribution in [1.29, 1.82) is 0 Å². The fourth-order valence-corrected chi connectivity index (χ4v) is 2.49. The van der Waals surface area contributed by atoms with E-state index in [1.165, 1.54) is 11.3 Å². The Morgan fingerprint density at radius 1 is 1.30 bits per heavy atom. The van der Waals surface area contributed by atoms with E-state index in [9.17, 15) is 18.4 Å². The molecule has 0 saturated carbocycles. The van der Waals surface area contributed by atoms with Gasteiger partial charge >= 0.3 is 0 Å². The molecule has 122 valence electrons. The number of halogens is 2. The first-order chi connectivity index (χ1) is 11.0. The molecule has 1 aromatic heterocycles. The maximum Gasteiger partial charge on any atom is 0.254 e. The average Bonchev–Trinajstić information content (AvgIpc) is 2.88. The van der Waals surface area contributed by atoms with Gasteiger partial charge in [0.25, 0.3) is 5.91 Å². The molecule has 0 aliphatic rings. The second-order valence-corrected chi connectivity index (χ2v) is 6.04. The SMILES string of the molecule is Cc1cnc(NC(=O)CCCNC(=O)c2ccc(F)cc2F)s1. The smallest absolute Gasteiger partial charge is 0.254 e. The molecule has 0 aliphatic carbocycles. The van der Waals surface area contributed by atoms with Gasteiger partial charge in [0.15, 0.2) is 5.13 Å². The molecular formula is C15H15F2N3O2S. The molecule has 0 saturated heterocycles. The molecule has 0 unspecified atom stereocenters. The number of nitrogens with zero attached hydrogens (tertiary/aromatic N) is 1. The Morgan fingerprint density at radius 2 is 2.09 bits per heavy atom. The minimum absolute atomic E-state index is 0.199. The number of nitrogens with one attached hydrogen (secondary N) is 2. The fraction of sp³-hybridized carbons (Fsp3) is 0.267. The number of rotatable bonds is 6. The van der Waals surface area contributed by atoms with Gasteiger partial charge in [-0.3, -0.25) is 9.59 Å². The normalized spacial score (nSPS) is 10.4. The van der Waals surface area contributed by atoms with Crippen molar-refractivity contribution in [2.75, 3.05) is 11.9 Å². The maximum atomic E-state index is 13.4. The topological polar surface area (TPSA) is 71.1 Å². The van der Waals surface area contributed by atoms with E-state index in [1.807, 2.05) is 6.92 Å². The van der Waals surface area contributed by atoms with Gasteiger partial charge in [-0.05, 0) is 25.5 Å². The number of amides is 2. The minimum atomic E-state index is -0.917. The molecule has 2 N–H and O–H groups in total. The highest BCUT2D eigenvalue weighted by Crippen LogP contribution is 2.16. The summed E-state index contributed by atoms with van der Waals surface area (Å²) < 4.78 is 26.2. The lowest BCUT2D eigenvalue weighted by molar-refractivity contribution is -0.116. The number of hydrogen-bond donors (Lipinski definition) is 2. The van der Waals surface area contributed by atoms with Crippen molar-refractivity contribution < 1.29 is 18.4 Å². The quantitative estimate of drug-likeness (QED) is 0.795. The van der Waals surface area contributed by atoms with Gasteiger partial charge in [-0.15, -0.1) is 11.3 Å².